The third-order valence-electron chi connectivity index (χ3n) is 3.91. The summed E-state index contributed by atoms with van der Waals surface area (Å²) in [5.74, 6) is -0.159. The number of rotatable bonds is 10. The van der Waals surface area contributed by atoms with Crippen LogP contribution in [-0.4, -0.2) is 54.6 Å². The molecule has 9 nitrogen and oxygen atoms in total. The molecule has 0 saturated heterocycles. The Kier molecular flexibility index (Phi) is 8.19. The van der Waals surface area contributed by atoms with Crippen LogP contribution in [0.2, 0.25) is 0 Å². The van der Waals surface area contributed by atoms with Crippen molar-refractivity contribution in [3.8, 4) is 11.5 Å². The number of oxime groups is 1. The Labute approximate surface area is 175 Å². The highest BCUT2D eigenvalue weighted by molar-refractivity contribution is 7.86. The minimum atomic E-state index is -4.24. The van der Waals surface area contributed by atoms with Gasteiger partial charge in [0.15, 0.2) is 17.2 Å². The molecule has 0 aliphatic carbocycles. The van der Waals surface area contributed by atoms with Crippen molar-refractivity contribution in [2.45, 2.75) is 11.8 Å². The van der Waals surface area contributed by atoms with Crippen molar-refractivity contribution in [2.75, 3.05) is 34.5 Å². The molecule has 162 valence electrons. The number of hydrogen-bond donors (Lipinski definition) is 0. The highest BCUT2D eigenvalue weighted by Gasteiger charge is 2.22. The van der Waals surface area contributed by atoms with Gasteiger partial charge in [-0.3, -0.25) is 4.28 Å². The largest absolute Gasteiger partial charge is 0.493 e. The average Bonchev–Trinajstić information content (AvgIpc) is 2.74. The van der Waals surface area contributed by atoms with Crippen molar-refractivity contribution in [2.24, 2.45) is 5.16 Å². The number of esters is 1. The van der Waals surface area contributed by atoms with Gasteiger partial charge in [-0.05, 0) is 37.3 Å². The minimum Gasteiger partial charge on any atom is -0.493 e. The van der Waals surface area contributed by atoms with Gasteiger partial charge < -0.3 is 18.9 Å². The predicted octanol–water partition coefficient (Wildman–Crippen LogP) is 2.31. The van der Waals surface area contributed by atoms with Gasteiger partial charge in [-0.25, -0.2) is 4.79 Å². The van der Waals surface area contributed by atoms with Gasteiger partial charge in [0.2, 0.25) is 0 Å². The van der Waals surface area contributed by atoms with E-state index >= 15 is 0 Å². The van der Waals surface area contributed by atoms with E-state index in [1.54, 1.807) is 18.2 Å². The maximum atomic E-state index is 12.5. The zero-order chi connectivity index (χ0) is 22.1. The summed E-state index contributed by atoms with van der Waals surface area (Å²) in [5.41, 5.74) is 0.738. The zero-order valence-electron chi connectivity index (χ0n) is 17.1. The molecule has 0 amide bonds. The second kappa shape index (κ2) is 10.6. The molecule has 30 heavy (non-hydrogen) atoms. The molecule has 0 saturated carbocycles. The Morgan fingerprint density at radius 3 is 2.20 bits per heavy atom. The third kappa shape index (κ3) is 5.94. The van der Waals surface area contributed by atoms with Crippen LogP contribution < -0.4 is 9.47 Å². The first-order valence-electron chi connectivity index (χ1n) is 8.79. The van der Waals surface area contributed by atoms with E-state index in [-0.39, 0.29) is 29.4 Å². The van der Waals surface area contributed by atoms with Crippen molar-refractivity contribution in [1.82, 2.24) is 0 Å². The van der Waals surface area contributed by atoms with Crippen LogP contribution in [-0.2, 0) is 28.7 Å². The standard InChI is InChI=1S/C20H23NO8S/c1-14-5-8-16(9-6-14)30(23,24)29-21-19(20(22)28-12-11-25-2)15-7-10-17(26-3)18(13-15)27-4/h5-10,13H,11-12H2,1-4H3. The Morgan fingerprint density at radius 1 is 0.933 bits per heavy atom. The van der Waals surface area contributed by atoms with Gasteiger partial charge in [-0.2, -0.15) is 8.42 Å². The summed E-state index contributed by atoms with van der Waals surface area (Å²) in [6, 6.07) is 10.5. The van der Waals surface area contributed by atoms with Crippen molar-refractivity contribution < 1.29 is 36.4 Å². The lowest BCUT2D eigenvalue weighted by Crippen LogP contribution is -2.22. The Morgan fingerprint density at radius 2 is 1.60 bits per heavy atom. The highest BCUT2D eigenvalue weighted by Crippen LogP contribution is 2.28. The smallest absolute Gasteiger partial charge is 0.361 e. The minimum absolute atomic E-state index is 0.0493. The van der Waals surface area contributed by atoms with E-state index < -0.39 is 16.1 Å². The second-order valence-electron chi connectivity index (χ2n) is 5.98. The lowest BCUT2D eigenvalue weighted by Gasteiger charge is -2.11. The maximum Gasteiger partial charge on any atom is 0.361 e. The third-order valence-corrected chi connectivity index (χ3v) is 5.03. The summed E-state index contributed by atoms with van der Waals surface area (Å²) in [4.78, 5) is 12.4. The molecule has 0 radical (unpaired) electrons. The molecule has 2 rings (SSSR count). The molecule has 2 aromatic rings. The molecule has 0 aliphatic rings. The number of carbonyl (C=O) groups excluding carboxylic acids is 1. The highest BCUT2D eigenvalue weighted by atomic mass is 32.2. The quantitative estimate of drug-likeness (QED) is 0.241. The summed E-state index contributed by atoms with van der Waals surface area (Å²) in [6.45, 7) is 1.93. The van der Waals surface area contributed by atoms with Crippen LogP contribution in [0.1, 0.15) is 11.1 Å². The number of hydrogen-bond acceptors (Lipinski definition) is 9. The molecular formula is C20H23NO8S. The first-order valence-corrected chi connectivity index (χ1v) is 10.2. The Balaban J connectivity index is 2.40. The van der Waals surface area contributed by atoms with Crippen LogP contribution in [0.3, 0.4) is 0 Å². The lowest BCUT2D eigenvalue weighted by molar-refractivity contribution is -0.136. The number of ether oxygens (including phenoxy) is 4. The summed E-state index contributed by atoms with van der Waals surface area (Å²) in [7, 11) is 0.0950. The van der Waals surface area contributed by atoms with Crippen LogP contribution in [0.15, 0.2) is 52.5 Å². The van der Waals surface area contributed by atoms with Gasteiger partial charge in [-0.15, -0.1) is 0 Å². The average molecular weight is 437 g/mol. The fraction of sp³-hybridized carbons (Fsp3) is 0.300. The molecule has 0 N–H and O–H groups in total. The number of carbonyl (C=O) groups is 1. The Hall–Kier alpha value is -3.11. The normalized spacial score (nSPS) is 11.7. The second-order valence-corrected chi connectivity index (χ2v) is 7.51. The number of nitrogens with zero attached hydrogens (tertiary/aromatic N) is 1. The molecular weight excluding hydrogens is 414 g/mol. The first-order chi connectivity index (χ1) is 14.3. The van der Waals surface area contributed by atoms with Crippen molar-refractivity contribution in [3.63, 3.8) is 0 Å². The fourth-order valence-corrected chi connectivity index (χ4v) is 3.04. The number of aryl methyl sites for hydroxylation is 1. The fourth-order valence-electron chi connectivity index (χ4n) is 2.31. The van der Waals surface area contributed by atoms with Gasteiger partial charge in [0.05, 0.1) is 20.8 Å². The van der Waals surface area contributed by atoms with Crippen LogP contribution in [0.25, 0.3) is 0 Å². The topological polar surface area (TPSA) is 110 Å². The molecule has 10 heteroatoms. The Bertz CT molecular complexity index is 1000. The van der Waals surface area contributed by atoms with E-state index in [0.29, 0.717) is 11.5 Å². The lowest BCUT2D eigenvalue weighted by atomic mass is 10.1. The SMILES string of the molecule is COCCOC(=O)C(=NOS(=O)(=O)c1ccc(C)cc1)c1ccc(OC)c(OC)c1. The molecule has 0 spiro atoms. The van der Waals surface area contributed by atoms with Gasteiger partial charge in [0, 0.05) is 12.7 Å². The van der Waals surface area contributed by atoms with Crippen LogP contribution >= 0.6 is 0 Å². The molecule has 0 fully saturated rings. The van der Waals surface area contributed by atoms with Gasteiger partial charge in [0.1, 0.15) is 11.5 Å². The van der Waals surface area contributed by atoms with Crippen molar-refractivity contribution in [1.29, 1.82) is 0 Å². The zero-order valence-corrected chi connectivity index (χ0v) is 17.9. The monoisotopic (exact) mass is 437 g/mol. The number of benzene rings is 2. The number of methoxy groups -OCH3 is 3. The van der Waals surface area contributed by atoms with E-state index in [0.717, 1.165) is 5.56 Å². The summed E-state index contributed by atoms with van der Waals surface area (Å²) < 4.78 is 50.0. The van der Waals surface area contributed by atoms with Crippen LogP contribution in [0, 0.1) is 6.92 Å². The van der Waals surface area contributed by atoms with Crippen molar-refractivity contribution in [3.05, 3.63) is 53.6 Å². The van der Waals surface area contributed by atoms with E-state index in [1.165, 1.54) is 45.6 Å². The van der Waals surface area contributed by atoms with Crippen molar-refractivity contribution >= 4 is 21.8 Å². The molecule has 2 aromatic carbocycles. The van der Waals surface area contributed by atoms with E-state index in [9.17, 15) is 13.2 Å². The molecule has 0 aliphatic heterocycles. The van der Waals surface area contributed by atoms with E-state index in [4.69, 9.17) is 23.2 Å². The van der Waals surface area contributed by atoms with Gasteiger partial charge in [-0.1, -0.05) is 22.9 Å². The van der Waals surface area contributed by atoms with Gasteiger partial charge in [0.25, 0.3) is 0 Å². The maximum absolute atomic E-state index is 12.5. The van der Waals surface area contributed by atoms with Crippen LogP contribution in [0.5, 0.6) is 11.5 Å². The first kappa shape index (κ1) is 23.2. The summed E-state index contributed by atoms with van der Waals surface area (Å²) in [5, 5.41) is 3.59. The molecule has 0 aromatic heterocycles. The predicted molar refractivity (Wildman–Crippen MR) is 108 cm³/mol. The summed E-state index contributed by atoms with van der Waals surface area (Å²) in [6.07, 6.45) is 0. The van der Waals surface area contributed by atoms with E-state index in [1.807, 2.05) is 6.92 Å². The van der Waals surface area contributed by atoms with Gasteiger partial charge >= 0.3 is 16.1 Å². The van der Waals surface area contributed by atoms with Crippen LogP contribution in [0.4, 0.5) is 0 Å². The molecule has 0 bridgehead atoms. The molecule has 0 atom stereocenters. The molecule has 0 unspecified atom stereocenters. The van der Waals surface area contributed by atoms with E-state index in [2.05, 4.69) is 5.16 Å². The summed E-state index contributed by atoms with van der Waals surface area (Å²) >= 11 is 0. The molecule has 0 heterocycles.